The van der Waals surface area contributed by atoms with Crippen molar-refractivity contribution in [2.24, 2.45) is 0 Å². The van der Waals surface area contributed by atoms with E-state index in [4.69, 9.17) is 0 Å². The number of benzene rings is 1. The van der Waals surface area contributed by atoms with Gasteiger partial charge in [-0.2, -0.15) is 0 Å². The molecule has 1 saturated heterocycles. The van der Waals surface area contributed by atoms with Crippen molar-refractivity contribution in [3.8, 4) is 0 Å². The summed E-state index contributed by atoms with van der Waals surface area (Å²) in [5.74, 6) is 0.141. The van der Waals surface area contributed by atoms with E-state index in [1.807, 2.05) is 36.9 Å². The normalized spacial score (nSPS) is 20.8. The summed E-state index contributed by atoms with van der Waals surface area (Å²) in [5, 5.41) is 9.41. The Labute approximate surface area is 102 Å². The molecule has 0 spiro atoms. The molecule has 1 heterocycles. The number of carbonyl (C=O) groups excluding carboxylic acids is 1. The molecule has 0 radical (unpaired) electrons. The van der Waals surface area contributed by atoms with Gasteiger partial charge in [-0.25, -0.2) is 0 Å². The number of carbonyl (C=O) groups is 1. The summed E-state index contributed by atoms with van der Waals surface area (Å²) in [6.07, 6.45) is 0.516. The van der Waals surface area contributed by atoms with E-state index in [-0.39, 0.29) is 11.9 Å². The van der Waals surface area contributed by atoms with Gasteiger partial charge in [0, 0.05) is 18.7 Å². The van der Waals surface area contributed by atoms with Gasteiger partial charge in [-0.1, -0.05) is 12.1 Å². The van der Waals surface area contributed by atoms with Crippen LogP contribution in [0.2, 0.25) is 0 Å². The average molecular weight is 233 g/mol. The Balaban J connectivity index is 2.02. The highest BCUT2D eigenvalue weighted by Crippen LogP contribution is 2.13. The first-order valence-corrected chi connectivity index (χ1v) is 6.07. The Hall–Kier alpha value is -1.19. The molecule has 17 heavy (non-hydrogen) atoms. The van der Waals surface area contributed by atoms with E-state index < -0.39 is 0 Å². The van der Waals surface area contributed by atoms with E-state index in [1.54, 1.807) is 0 Å². The van der Waals surface area contributed by atoms with Gasteiger partial charge in [0.2, 0.25) is 0 Å². The second-order valence-corrected chi connectivity index (χ2v) is 4.90. The molecule has 0 aromatic heterocycles. The molecule has 1 fully saturated rings. The van der Waals surface area contributed by atoms with Gasteiger partial charge >= 0.3 is 0 Å². The van der Waals surface area contributed by atoms with Crippen molar-refractivity contribution in [3.63, 3.8) is 0 Å². The van der Waals surface area contributed by atoms with Crippen LogP contribution >= 0.6 is 0 Å². The lowest BCUT2D eigenvalue weighted by atomic mass is 10.0. The van der Waals surface area contributed by atoms with Crippen LogP contribution in [-0.2, 0) is 0 Å². The number of hydrogen-bond acceptors (Lipinski definition) is 3. The van der Waals surface area contributed by atoms with Crippen LogP contribution in [-0.4, -0.2) is 41.5 Å². The Morgan fingerprint density at radius 2 is 2.18 bits per heavy atom. The van der Waals surface area contributed by atoms with Crippen LogP contribution in [0.3, 0.4) is 0 Å². The summed E-state index contributed by atoms with van der Waals surface area (Å²) >= 11 is 0. The van der Waals surface area contributed by atoms with Crippen molar-refractivity contribution in [1.29, 1.82) is 0 Å². The molecule has 1 N–H and O–H groups in total. The lowest BCUT2D eigenvalue weighted by Gasteiger charge is -2.14. The summed E-state index contributed by atoms with van der Waals surface area (Å²) in [6, 6.07) is 5.82. The largest absolute Gasteiger partial charge is 0.392 e. The molecule has 92 valence electrons. The van der Waals surface area contributed by atoms with Crippen molar-refractivity contribution in [2.75, 3.05) is 19.6 Å². The Kier molecular flexibility index (Phi) is 3.60. The second-order valence-electron chi connectivity index (χ2n) is 4.90. The number of ketones is 1. The van der Waals surface area contributed by atoms with E-state index in [2.05, 4.69) is 0 Å². The van der Waals surface area contributed by atoms with Gasteiger partial charge in [0.15, 0.2) is 5.78 Å². The average Bonchev–Trinajstić information content (AvgIpc) is 2.68. The second kappa shape index (κ2) is 4.98. The number of hydrogen-bond donors (Lipinski definition) is 1. The SMILES string of the molecule is Cc1ccc(C(=O)CN2CCC(O)C2)cc1C. The highest BCUT2D eigenvalue weighted by Gasteiger charge is 2.22. The minimum absolute atomic E-state index is 0.141. The third-order valence-electron chi connectivity index (χ3n) is 3.44. The molecule has 0 amide bonds. The van der Waals surface area contributed by atoms with Crippen LogP contribution in [0.1, 0.15) is 27.9 Å². The van der Waals surface area contributed by atoms with Crippen molar-refractivity contribution in [1.82, 2.24) is 4.90 Å². The molecule has 1 aromatic carbocycles. The monoisotopic (exact) mass is 233 g/mol. The number of nitrogens with zero attached hydrogens (tertiary/aromatic N) is 1. The summed E-state index contributed by atoms with van der Waals surface area (Å²) in [4.78, 5) is 14.1. The fraction of sp³-hybridized carbons (Fsp3) is 0.500. The highest BCUT2D eigenvalue weighted by atomic mass is 16.3. The van der Waals surface area contributed by atoms with E-state index in [9.17, 15) is 9.90 Å². The van der Waals surface area contributed by atoms with Crippen LogP contribution in [0.15, 0.2) is 18.2 Å². The zero-order chi connectivity index (χ0) is 12.4. The fourth-order valence-corrected chi connectivity index (χ4v) is 2.17. The van der Waals surface area contributed by atoms with Gasteiger partial charge in [0.1, 0.15) is 0 Å². The number of rotatable bonds is 3. The number of aliphatic hydroxyl groups excluding tert-OH is 1. The smallest absolute Gasteiger partial charge is 0.176 e. The molecule has 1 atom stereocenters. The van der Waals surface area contributed by atoms with Crippen molar-refractivity contribution >= 4 is 5.78 Å². The maximum Gasteiger partial charge on any atom is 0.176 e. The Morgan fingerprint density at radius 3 is 2.76 bits per heavy atom. The lowest BCUT2D eigenvalue weighted by molar-refractivity contribution is 0.0934. The van der Waals surface area contributed by atoms with Crippen molar-refractivity contribution < 1.29 is 9.90 Å². The van der Waals surface area contributed by atoms with Gasteiger partial charge in [-0.3, -0.25) is 9.69 Å². The molecule has 2 rings (SSSR count). The first-order valence-electron chi connectivity index (χ1n) is 6.07. The van der Waals surface area contributed by atoms with Gasteiger partial charge in [0.05, 0.1) is 12.6 Å². The van der Waals surface area contributed by atoms with Crippen LogP contribution in [0, 0.1) is 13.8 Å². The molecular formula is C14H19NO2. The van der Waals surface area contributed by atoms with Gasteiger partial charge in [-0.15, -0.1) is 0 Å². The van der Waals surface area contributed by atoms with Crippen molar-refractivity contribution in [2.45, 2.75) is 26.4 Å². The summed E-state index contributed by atoms with van der Waals surface area (Å²) < 4.78 is 0. The number of Topliss-reactive ketones (excluding diaryl/α,β-unsaturated/α-hetero) is 1. The third kappa shape index (κ3) is 2.93. The predicted molar refractivity (Wildman–Crippen MR) is 67.3 cm³/mol. The Bertz CT molecular complexity index is 428. The van der Waals surface area contributed by atoms with Crippen LogP contribution in [0.4, 0.5) is 0 Å². The minimum Gasteiger partial charge on any atom is -0.392 e. The first-order chi connectivity index (χ1) is 8.06. The number of aryl methyl sites for hydroxylation is 2. The summed E-state index contributed by atoms with van der Waals surface area (Å²) in [7, 11) is 0. The van der Waals surface area contributed by atoms with Gasteiger partial charge in [-0.05, 0) is 37.5 Å². The fourth-order valence-electron chi connectivity index (χ4n) is 2.17. The Morgan fingerprint density at radius 1 is 1.41 bits per heavy atom. The van der Waals surface area contributed by atoms with E-state index >= 15 is 0 Å². The predicted octanol–water partition coefficient (Wildman–Crippen LogP) is 1.55. The topological polar surface area (TPSA) is 40.5 Å². The zero-order valence-electron chi connectivity index (χ0n) is 10.4. The molecule has 1 aromatic rings. The third-order valence-corrected chi connectivity index (χ3v) is 3.44. The van der Waals surface area contributed by atoms with Crippen LogP contribution in [0.25, 0.3) is 0 Å². The van der Waals surface area contributed by atoms with Crippen LogP contribution < -0.4 is 0 Å². The molecule has 1 aliphatic rings. The first kappa shape index (κ1) is 12.3. The van der Waals surface area contributed by atoms with Crippen LogP contribution in [0.5, 0.6) is 0 Å². The van der Waals surface area contributed by atoms with Crippen molar-refractivity contribution in [3.05, 3.63) is 34.9 Å². The quantitative estimate of drug-likeness (QED) is 0.805. The molecule has 1 aliphatic heterocycles. The molecule has 0 aliphatic carbocycles. The van der Waals surface area contributed by atoms with E-state index in [0.717, 1.165) is 24.1 Å². The summed E-state index contributed by atoms with van der Waals surface area (Å²) in [6.45, 7) is 5.92. The van der Waals surface area contributed by atoms with E-state index in [1.165, 1.54) is 5.56 Å². The number of aliphatic hydroxyl groups is 1. The lowest BCUT2D eigenvalue weighted by Crippen LogP contribution is -2.28. The summed E-state index contributed by atoms with van der Waals surface area (Å²) in [5.41, 5.74) is 3.13. The van der Waals surface area contributed by atoms with Gasteiger partial charge in [0.25, 0.3) is 0 Å². The molecule has 1 unspecified atom stereocenters. The number of likely N-dealkylation sites (tertiary alicyclic amines) is 1. The maximum absolute atomic E-state index is 12.0. The molecule has 3 heteroatoms. The van der Waals surface area contributed by atoms with E-state index in [0.29, 0.717) is 13.1 Å². The molecule has 0 bridgehead atoms. The molecule has 0 saturated carbocycles. The van der Waals surface area contributed by atoms with Gasteiger partial charge < -0.3 is 5.11 Å². The standard InChI is InChI=1S/C14H19NO2/c1-10-3-4-12(7-11(10)2)14(17)9-15-6-5-13(16)8-15/h3-4,7,13,16H,5-6,8-9H2,1-2H3. The maximum atomic E-state index is 12.0. The minimum atomic E-state index is -0.262. The highest BCUT2D eigenvalue weighted by molar-refractivity contribution is 5.97. The molecular weight excluding hydrogens is 214 g/mol. The number of β-amino-alcohol motifs (C(OH)–C–C–N with tert-alkyl or cyclic N) is 1. The zero-order valence-corrected chi connectivity index (χ0v) is 10.4. The molecule has 3 nitrogen and oxygen atoms in total.